The molecule has 0 atom stereocenters. The van der Waals surface area contributed by atoms with Gasteiger partial charge in [0.2, 0.25) is 5.88 Å². The van der Waals surface area contributed by atoms with E-state index in [1.165, 1.54) is 12.8 Å². The number of aromatic nitrogens is 3. The quantitative estimate of drug-likeness (QED) is 0.484. The lowest BCUT2D eigenvalue weighted by Crippen LogP contribution is -2.31. The van der Waals surface area contributed by atoms with Gasteiger partial charge in [-0.2, -0.15) is 23.1 Å². The number of rotatable bonds is 7. The Morgan fingerprint density at radius 2 is 1.86 bits per heavy atom. The van der Waals surface area contributed by atoms with E-state index in [4.69, 9.17) is 21.1 Å². The standard InChI is InChI=1S/C18H19ClF4N4O2/c19-14-12(20)13-11(7-24-14)15(28-10-18(21,22)23)26-16(25-13)29-9-17(3-4-17)8-27-5-1-2-6-27/h7H,1-6,8-10H2. The first-order chi connectivity index (χ1) is 13.7. The van der Waals surface area contributed by atoms with E-state index < -0.39 is 29.6 Å². The fourth-order valence-corrected chi connectivity index (χ4v) is 3.61. The molecule has 0 spiro atoms. The summed E-state index contributed by atoms with van der Waals surface area (Å²) in [6, 6.07) is -0.247. The van der Waals surface area contributed by atoms with Crippen LogP contribution in [0.2, 0.25) is 5.15 Å². The first kappa shape index (κ1) is 20.3. The van der Waals surface area contributed by atoms with Crippen LogP contribution >= 0.6 is 11.6 Å². The second-order valence-electron chi connectivity index (χ2n) is 7.61. The molecule has 0 amide bonds. The SMILES string of the molecule is Fc1c(Cl)ncc2c(OCC(F)(F)F)nc(OCC3(CN4CCCC4)CC3)nc12. The number of likely N-dealkylation sites (tertiary alicyclic amines) is 1. The fourth-order valence-electron chi connectivity index (χ4n) is 3.47. The lowest BCUT2D eigenvalue weighted by molar-refractivity contribution is -0.153. The van der Waals surface area contributed by atoms with Gasteiger partial charge in [-0.25, -0.2) is 9.37 Å². The second-order valence-corrected chi connectivity index (χ2v) is 7.97. The van der Waals surface area contributed by atoms with Crippen molar-refractivity contribution in [2.75, 3.05) is 32.8 Å². The van der Waals surface area contributed by atoms with Gasteiger partial charge < -0.3 is 14.4 Å². The van der Waals surface area contributed by atoms with Crippen LogP contribution in [-0.2, 0) is 0 Å². The van der Waals surface area contributed by atoms with E-state index in [2.05, 4.69) is 19.9 Å². The molecule has 0 aromatic carbocycles. The highest BCUT2D eigenvalue weighted by Gasteiger charge is 2.45. The number of nitrogens with zero attached hydrogens (tertiary/aromatic N) is 4. The zero-order valence-corrected chi connectivity index (χ0v) is 16.2. The second kappa shape index (κ2) is 7.71. The molecule has 2 aliphatic rings. The predicted molar refractivity (Wildman–Crippen MR) is 96.7 cm³/mol. The Kier molecular flexibility index (Phi) is 5.41. The molecule has 1 aliphatic heterocycles. The van der Waals surface area contributed by atoms with E-state index >= 15 is 0 Å². The van der Waals surface area contributed by atoms with Crippen molar-refractivity contribution < 1.29 is 27.0 Å². The first-order valence-corrected chi connectivity index (χ1v) is 9.69. The van der Waals surface area contributed by atoms with Crippen molar-refractivity contribution in [1.82, 2.24) is 19.9 Å². The van der Waals surface area contributed by atoms with Gasteiger partial charge in [0.1, 0.15) is 5.52 Å². The molecule has 1 saturated heterocycles. The van der Waals surface area contributed by atoms with Gasteiger partial charge in [0.15, 0.2) is 17.6 Å². The van der Waals surface area contributed by atoms with E-state index in [1.807, 2.05) is 0 Å². The van der Waals surface area contributed by atoms with Crippen LogP contribution in [0.25, 0.3) is 10.9 Å². The Labute approximate surface area is 169 Å². The number of fused-ring (bicyclic) bond motifs is 1. The molecular formula is C18H19ClF4N4O2. The van der Waals surface area contributed by atoms with Crippen molar-refractivity contribution >= 4 is 22.5 Å². The van der Waals surface area contributed by atoms with E-state index in [-0.39, 0.29) is 22.3 Å². The molecule has 0 bridgehead atoms. The summed E-state index contributed by atoms with van der Waals surface area (Å²) in [7, 11) is 0. The number of hydrogen-bond donors (Lipinski definition) is 0. The number of alkyl halides is 3. The zero-order valence-electron chi connectivity index (χ0n) is 15.4. The minimum absolute atomic E-state index is 0.0237. The van der Waals surface area contributed by atoms with Gasteiger partial charge in [-0.3, -0.25) is 0 Å². The van der Waals surface area contributed by atoms with Gasteiger partial charge in [0, 0.05) is 18.2 Å². The van der Waals surface area contributed by atoms with Crippen LogP contribution < -0.4 is 9.47 Å². The van der Waals surface area contributed by atoms with E-state index in [0.29, 0.717) is 6.61 Å². The molecule has 1 saturated carbocycles. The van der Waals surface area contributed by atoms with E-state index in [0.717, 1.165) is 38.7 Å². The Balaban J connectivity index is 1.56. The average molecular weight is 435 g/mol. The highest BCUT2D eigenvalue weighted by Crippen LogP contribution is 2.47. The number of halogens is 5. The minimum atomic E-state index is -4.58. The van der Waals surface area contributed by atoms with E-state index in [9.17, 15) is 17.6 Å². The molecule has 2 fully saturated rings. The summed E-state index contributed by atoms with van der Waals surface area (Å²) in [6.45, 7) is 1.72. The summed E-state index contributed by atoms with van der Waals surface area (Å²) in [5, 5.41) is -0.557. The molecule has 11 heteroatoms. The van der Waals surface area contributed by atoms with Crippen molar-refractivity contribution in [3.05, 3.63) is 17.2 Å². The van der Waals surface area contributed by atoms with Crippen LogP contribution in [0.3, 0.4) is 0 Å². The Hall–Kier alpha value is -1.94. The molecule has 3 heterocycles. The molecule has 4 rings (SSSR count). The molecule has 2 aromatic rings. The third kappa shape index (κ3) is 4.80. The van der Waals surface area contributed by atoms with Crippen LogP contribution in [-0.4, -0.2) is 58.9 Å². The predicted octanol–water partition coefficient (Wildman–Crippen LogP) is 4.01. The monoisotopic (exact) mass is 434 g/mol. The minimum Gasteiger partial charge on any atom is -0.467 e. The summed E-state index contributed by atoms with van der Waals surface area (Å²) in [6.07, 6.45) is 0.825. The molecule has 158 valence electrons. The van der Waals surface area contributed by atoms with Gasteiger partial charge in [-0.15, -0.1) is 0 Å². The van der Waals surface area contributed by atoms with Gasteiger partial charge in [-0.05, 0) is 38.8 Å². The van der Waals surface area contributed by atoms with Crippen LogP contribution in [0.5, 0.6) is 11.9 Å². The van der Waals surface area contributed by atoms with E-state index in [1.54, 1.807) is 0 Å². The van der Waals surface area contributed by atoms with Crippen LogP contribution in [0, 0.1) is 11.2 Å². The molecule has 2 aromatic heterocycles. The normalized spacial score (nSPS) is 18.9. The summed E-state index contributed by atoms with van der Waals surface area (Å²) in [5.74, 6) is -1.42. The highest BCUT2D eigenvalue weighted by atomic mass is 35.5. The van der Waals surface area contributed by atoms with Gasteiger partial charge in [0.25, 0.3) is 0 Å². The molecule has 0 unspecified atom stereocenters. The van der Waals surface area contributed by atoms with Crippen LogP contribution in [0.4, 0.5) is 17.6 Å². The van der Waals surface area contributed by atoms with Crippen molar-refractivity contribution in [2.24, 2.45) is 5.41 Å². The first-order valence-electron chi connectivity index (χ1n) is 9.31. The molecule has 0 radical (unpaired) electrons. The zero-order chi connectivity index (χ0) is 20.6. The maximum Gasteiger partial charge on any atom is 0.422 e. The Bertz CT molecular complexity index is 902. The fraction of sp³-hybridized carbons (Fsp3) is 0.611. The largest absolute Gasteiger partial charge is 0.467 e. The van der Waals surface area contributed by atoms with Crippen molar-refractivity contribution in [3.8, 4) is 11.9 Å². The summed E-state index contributed by atoms with van der Waals surface area (Å²) in [4.78, 5) is 13.9. The number of pyridine rings is 1. The third-order valence-corrected chi connectivity index (χ3v) is 5.44. The van der Waals surface area contributed by atoms with Gasteiger partial charge in [-0.1, -0.05) is 11.6 Å². The topological polar surface area (TPSA) is 60.4 Å². The molecule has 0 N–H and O–H groups in total. The molecular weight excluding hydrogens is 416 g/mol. The van der Waals surface area contributed by atoms with Gasteiger partial charge >= 0.3 is 12.2 Å². The highest BCUT2D eigenvalue weighted by molar-refractivity contribution is 6.30. The molecule has 29 heavy (non-hydrogen) atoms. The average Bonchev–Trinajstić information content (AvgIpc) is 3.24. The Morgan fingerprint density at radius 1 is 1.14 bits per heavy atom. The lowest BCUT2D eigenvalue weighted by atomic mass is 10.1. The number of ether oxygens (including phenoxy) is 2. The summed E-state index contributed by atoms with van der Waals surface area (Å²) in [5.41, 5.74) is -0.319. The lowest BCUT2D eigenvalue weighted by Gasteiger charge is -2.22. The maximum atomic E-state index is 14.4. The van der Waals surface area contributed by atoms with Gasteiger partial charge in [0.05, 0.1) is 12.0 Å². The van der Waals surface area contributed by atoms with Crippen LogP contribution in [0.1, 0.15) is 25.7 Å². The van der Waals surface area contributed by atoms with Crippen molar-refractivity contribution in [3.63, 3.8) is 0 Å². The maximum absolute atomic E-state index is 14.4. The summed E-state index contributed by atoms with van der Waals surface area (Å²) < 4.78 is 62.5. The van der Waals surface area contributed by atoms with Crippen LogP contribution in [0.15, 0.2) is 6.20 Å². The number of hydrogen-bond acceptors (Lipinski definition) is 6. The smallest absolute Gasteiger partial charge is 0.422 e. The molecule has 6 nitrogen and oxygen atoms in total. The summed E-state index contributed by atoms with van der Waals surface area (Å²) >= 11 is 5.68. The molecule has 1 aliphatic carbocycles. The van der Waals surface area contributed by atoms with Crippen molar-refractivity contribution in [2.45, 2.75) is 31.9 Å². The third-order valence-electron chi connectivity index (χ3n) is 5.18. The van der Waals surface area contributed by atoms with Crippen molar-refractivity contribution in [1.29, 1.82) is 0 Å². The Morgan fingerprint density at radius 3 is 2.52 bits per heavy atom.